The van der Waals surface area contributed by atoms with Crippen LogP contribution in [-0.2, 0) is 16.4 Å². The number of fused-ring (bicyclic) bond motifs is 1. The van der Waals surface area contributed by atoms with Crippen LogP contribution in [0.3, 0.4) is 0 Å². The number of nitrogens with zero attached hydrogens (tertiary/aromatic N) is 1. The summed E-state index contributed by atoms with van der Waals surface area (Å²) in [5.41, 5.74) is 5.14. The zero-order valence-electron chi connectivity index (χ0n) is 13.0. The SMILES string of the molecule is C[C@H]1Cc2ccccc2N1NC(=O)c1ccc(Cl)c(S([NH3+])(=O)=O)c1. The predicted octanol–water partition coefficient (Wildman–Crippen LogP) is 1.37. The maximum Gasteiger partial charge on any atom is 0.324 e. The predicted molar refractivity (Wildman–Crippen MR) is 91.1 cm³/mol. The Bertz CT molecular complexity index is 915. The Morgan fingerprint density at radius 3 is 2.71 bits per heavy atom. The Morgan fingerprint density at radius 2 is 2.00 bits per heavy atom. The number of carbonyl (C=O) groups is 1. The molecule has 126 valence electrons. The number of para-hydroxylation sites is 1. The summed E-state index contributed by atoms with van der Waals surface area (Å²) >= 11 is 5.88. The van der Waals surface area contributed by atoms with Crippen molar-refractivity contribution >= 4 is 33.2 Å². The minimum atomic E-state index is -3.75. The molecule has 0 unspecified atom stereocenters. The van der Waals surface area contributed by atoms with Crippen LogP contribution in [0.15, 0.2) is 47.4 Å². The summed E-state index contributed by atoms with van der Waals surface area (Å²) in [6, 6.07) is 12.0. The van der Waals surface area contributed by atoms with Crippen LogP contribution < -0.4 is 15.6 Å². The van der Waals surface area contributed by atoms with Crippen molar-refractivity contribution in [2.45, 2.75) is 24.3 Å². The molecule has 1 aliphatic heterocycles. The molecule has 1 heterocycles. The van der Waals surface area contributed by atoms with Crippen molar-refractivity contribution in [2.75, 3.05) is 5.01 Å². The van der Waals surface area contributed by atoms with Crippen LogP contribution in [0.1, 0.15) is 22.8 Å². The highest BCUT2D eigenvalue weighted by Crippen LogP contribution is 2.30. The fourth-order valence-corrected chi connectivity index (χ4v) is 3.93. The average molecular weight is 367 g/mol. The van der Waals surface area contributed by atoms with E-state index in [0.29, 0.717) is 0 Å². The summed E-state index contributed by atoms with van der Waals surface area (Å²) in [7, 11) is -3.75. The van der Waals surface area contributed by atoms with Crippen molar-refractivity contribution in [1.82, 2.24) is 5.43 Å². The summed E-state index contributed by atoms with van der Waals surface area (Å²) in [6.45, 7) is 2.01. The topological polar surface area (TPSA) is 94.1 Å². The van der Waals surface area contributed by atoms with Crippen molar-refractivity contribution in [3.8, 4) is 0 Å². The smallest absolute Gasteiger partial charge is 0.282 e. The molecule has 0 radical (unpaired) electrons. The number of amides is 1. The van der Waals surface area contributed by atoms with Crippen molar-refractivity contribution < 1.29 is 18.4 Å². The molecule has 6 nitrogen and oxygen atoms in total. The third-order valence-corrected chi connectivity index (χ3v) is 5.41. The van der Waals surface area contributed by atoms with Gasteiger partial charge in [-0.2, -0.15) is 8.42 Å². The molecule has 0 fully saturated rings. The van der Waals surface area contributed by atoms with Gasteiger partial charge in [-0.1, -0.05) is 29.8 Å². The van der Waals surface area contributed by atoms with E-state index in [1.807, 2.05) is 31.2 Å². The lowest BCUT2D eigenvalue weighted by molar-refractivity contribution is -0.164. The molecule has 8 heteroatoms. The minimum absolute atomic E-state index is 0.0430. The van der Waals surface area contributed by atoms with Crippen LogP contribution in [0.25, 0.3) is 0 Å². The molecule has 24 heavy (non-hydrogen) atoms. The molecule has 0 saturated heterocycles. The number of quaternary nitrogens is 1. The van der Waals surface area contributed by atoms with Crippen molar-refractivity contribution in [3.05, 3.63) is 58.6 Å². The first-order chi connectivity index (χ1) is 11.3. The quantitative estimate of drug-likeness (QED) is 0.857. The van der Waals surface area contributed by atoms with E-state index in [4.69, 9.17) is 11.6 Å². The molecule has 2 aromatic rings. The van der Waals surface area contributed by atoms with Crippen LogP contribution in [-0.4, -0.2) is 20.4 Å². The monoisotopic (exact) mass is 366 g/mol. The normalized spacial score (nSPS) is 16.8. The van der Waals surface area contributed by atoms with Gasteiger partial charge in [0.05, 0.1) is 16.8 Å². The van der Waals surface area contributed by atoms with E-state index in [-0.39, 0.29) is 21.5 Å². The number of hydrogen-bond acceptors (Lipinski definition) is 4. The minimum Gasteiger partial charge on any atom is -0.282 e. The zero-order chi connectivity index (χ0) is 17.5. The lowest BCUT2D eigenvalue weighted by atomic mass is 10.1. The zero-order valence-corrected chi connectivity index (χ0v) is 14.6. The Morgan fingerprint density at radius 1 is 1.29 bits per heavy atom. The second-order valence-corrected chi connectivity index (χ2v) is 7.83. The summed E-state index contributed by atoms with van der Waals surface area (Å²) in [4.78, 5) is 12.4. The molecule has 0 bridgehead atoms. The number of anilines is 1. The summed E-state index contributed by atoms with van der Waals surface area (Å²) in [5.74, 6) is -0.403. The molecule has 4 N–H and O–H groups in total. The highest BCUT2D eigenvalue weighted by Gasteiger charge is 2.28. The number of sulfonamides is 1. The van der Waals surface area contributed by atoms with Gasteiger partial charge in [0.2, 0.25) is 0 Å². The van der Waals surface area contributed by atoms with E-state index in [2.05, 4.69) is 10.6 Å². The average Bonchev–Trinajstić information content (AvgIpc) is 2.82. The summed E-state index contributed by atoms with van der Waals surface area (Å²) < 4.78 is 23.3. The molecule has 1 aliphatic rings. The first-order valence-corrected chi connectivity index (χ1v) is 9.36. The number of rotatable bonds is 3. The largest absolute Gasteiger partial charge is 0.324 e. The first-order valence-electron chi connectivity index (χ1n) is 7.33. The van der Waals surface area contributed by atoms with E-state index >= 15 is 0 Å². The van der Waals surface area contributed by atoms with Crippen molar-refractivity contribution in [2.24, 2.45) is 0 Å². The number of hydrogen-bond donors (Lipinski definition) is 2. The third kappa shape index (κ3) is 3.10. The molecule has 0 aliphatic carbocycles. The van der Waals surface area contributed by atoms with E-state index in [9.17, 15) is 13.2 Å². The highest BCUT2D eigenvalue weighted by molar-refractivity contribution is 7.84. The van der Waals surface area contributed by atoms with Crippen LogP contribution >= 0.6 is 11.6 Å². The second-order valence-electron chi connectivity index (χ2n) is 5.75. The molecule has 1 amide bonds. The maximum absolute atomic E-state index is 12.5. The Balaban J connectivity index is 1.89. The molecule has 2 aromatic carbocycles. The van der Waals surface area contributed by atoms with E-state index in [0.717, 1.165) is 17.7 Å². The molecule has 0 saturated carbocycles. The van der Waals surface area contributed by atoms with Gasteiger partial charge in [0.15, 0.2) is 0 Å². The number of benzene rings is 2. The van der Waals surface area contributed by atoms with Gasteiger partial charge in [0.1, 0.15) is 4.90 Å². The Labute approximate surface area is 145 Å². The Hall–Kier alpha value is -2.09. The van der Waals surface area contributed by atoms with Gasteiger partial charge in [-0.25, -0.2) is 5.14 Å². The van der Waals surface area contributed by atoms with Crippen LogP contribution in [0.4, 0.5) is 5.69 Å². The van der Waals surface area contributed by atoms with Gasteiger partial charge in [0, 0.05) is 5.56 Å². The fraction of sp³-hybridized carbons (Fsp3) is 0.188. The highest BCUT2D eigenvalue weighted by atomic mass is 35.5. The summed E-state index contributed by atoms with van der Waals surface area (Å²) in [5, 5.41) is 4.93. The number of hydrazine groups is 1. The molecular weight excluding hydrogens is 350 g/mol. The van der Waals surface area contributed by atoms with E-state index in [1.165, 1.54) is 18.2 Å². The van der Waals surface area contributed by atoms with Gasteiger partial charge in [0.25, 0.3) is 5.91 Å². The number of carbonyl (C=O) groups excluding carboxylic acids is 1. The van der Waals surface area contributed by atoms with E-state index in [1.54, 1.807) is 5.01 Å². The van der Waals surface area contributed by atoms with Crippen LogP contribution in [0, 0.1) is 0 Å². The molecule has 0 spiro atoms. The van der Waals surface area contributed by atoms with Crippen molar-refractivity contribution in [3.63, 3.8) is 0 Å². The van der Waals surface area contributed by atoms with Gasteiger partial charge in [-0.15, -0.1) is 0 Å². The van der Waals surface area contributed by atoms with Gasteiger partial charge in [-0.05, 0) is 43.2 Å². The van der Waals surface area contributed by atoms with Crippen LogP contribution in [0.2, 0.25) is 5.02 Å². The van der Waals surface area contributed by atoms with Crippen molar-refractivity contribution in [1.29, 1.82) is 0 Å². The second kappa shape index (κ2) is 6.08. The van der Waals surface area contributed by atoms with E-state index < -0.39 is 15.9 Å². The standard InChI is InChI=1S/C16H16ClN3O3S/c1-10-8-11-4-2-3-5-14(11)20(10)19-16(21)12-6-7-13(17)15(9-12)24(18,22)23/h2-7,9-10H,8H2,1H3,(H,19,21)(H2,18,22,23)/p+1/t10-/m0/s1. The maximum atomic E-state index is 12.5. The lowest BCUT2D eigenvalue weighted by Gasteiger charge is -2.25. The summed E-state index contributed by atoms with van der Waals surface area (Å²) in [6.07, 6.45) is 0.829. The fourth-order valence-electron chi connectivity index (χ4n) is 2.79. The molecule has 1 atom stereocenters. The van der Waals surface area contributed by atoms with Crippen LogP contribution in [0.5, 0.6) is 0 Å². The number of halogens is 1. The van der Waals surface area contributed by atoms with Gasteiger partial charge >= 0.3 is 10.0 Å². The molecular formula is C16H17ClN3O3S+. The molecule has 3 rings (SSSR count). The third-order valence-electron chi connectivity index (χ3n) is 3.96. The lowest BCUT2D eigenvalue weighted by Crippen LogP contribution is -2.56. The Kier molecular flexibility index (Phi) is 4.25. The molecule has 0 aromatic heterocycles. The first kappa shape index (κ1) is 16.8. The van der Waals surface area contributed by atoms with Gasteiger partial charge in [-0.3, -0.25) is 15.2 Å². The number of nitrogens with one attached hydrogen (secondary N) is 1. The van der Waals surface area contributed by atoms with Gasteiger partial charge < -0.3 is 0 Å².